The summed E-state index contributed by atoms with van der Waals surface area (Å²) in [6.07, 6.45) is 5.13. The van der Waals surface area contributed by atoms with Crippen molar-refractivity contribution in [2.75, 3.05) is 6.54 Å². The Balaban J connectivity index is 1.46. The lowest BCUT2D eigenvalue weighted by Gasteiger charge is -2.65. The summed E-state index contributed by atoms with van der Waals surface area (Å²) in [4.78, 5) is 27.8. The first-order valence-corrected chi connectivity index (χ1v) is 13.2. The number of nitrogens with one attached hydrogen (secondary N) is 1. The minimum Gasteiger partial charge on any atom is -0.478 e. The van der Waals surface area contributed by atoms with Crippen LogP contribution in [0.4, 0.5) is 0 Å². The number of esters is 1. The maximum atomic E-state index is 13.7. The number of carbonyl (C=O) groups excluding carboxylic acids is 1. The number of likely N-dealkylation sites (tertiary alicyclic amines) is 1. The molecule has 6 heteroatoms. The summed E-state index contributed by atoms with van der Waals surface area (Å²) in [5.41, 5.74) is 1.33. The van der Waals surface area contributed by atoms with Gasteiger partial charge in [-0.1, -0.05) is 55.8 Å². The highest BCUT2D eigenvalue weighted by Crippen LogP contribution is 2.59. The molecule has 4 unspecified atom stereocenters. The Morgan fingerprint density at radius 2 is 1.86 bits per heavy atom. The van der Waals surface area contributed by atoms with Gasteiger partial charge in [0, 0.05) is 23.9 Å². The van der Waals surface area contributed by atoms with E-state index in [9.17, 15) is 14.7 Å². The maximum Gasteiger partial charge on any atom is 0.335 e. The Kier molecular flexibility index (Phi) is 6.24. The lowest BCUT2D eigenvalue weighted by Crippen LogP contribution is -2.75. The first-order valence-electron chi connectivity index (χ1n) is 13.2. The summed E-state index contributed by atoms with van der Waals surface area (Å²) < 4.78 is 5.97. The molecule has 4 atom stereocenters. The Labute approximate surface area is 214 Å². The van der Waals surface area contributed by atoms with Gasteiger partial charge in [0.1, 0.15) is 11.1 Å². The van der Waals surface area contributed by atoms with Crippen molar-refractivity contribution in [1.29, 1.82) is 0 Å². The van der Waals surface area contributed by atoms with Crippen LogP contribution in [0.1, 0.15) is 93.2 Å². The fraction of sp³-hybridized carbons (Fsp3) is 0.533. The summed E-state index contributed by atoms with van der Waals surface area (Å²) >= 11 is 0. The molecule has 2 saturated carbocycles. The summed E-state index contributed by atoms with van der Waals surface area (Å²) in [6, 6.07) is 17.6. The second-order valence-corrected chi connectivity index (χ2v) is 11.9. The summed E-state index contributed by atoms with van der Waals surface area (Å²) in [5.74, 6) is -1.01. The minimum absolute atomic E-state index is 0.0471. The van der Waals surface area contributed by atoms with Crippen LogP contribution >= 0.6 is 0 Å². The van der Waals surface area contributed by atoms with Crippen molar-refractivity contribution in [2.24, 2.45) is 5.41 Å². The van der Waals surface area contributed by atoms with Crippen molar-refractivity contribution in [3.05, 3.63) is 71.3 Å². The smallest absolute Gasteiger partial charge is 0.335 e. The third kappa shape index (κ3) is 4.35. The van der Waals surface area contributed by atoms with E-state index in [1.54, 1.807) is 12.1 Å². The molecule has 2 aromatic rings. The normalized spacial score (nSPS) is 27.6. The van der Waals surface area contributed by atoms with Gasteiger partial charge in [-0.05, 0) is 69.7 Å². The number of benzene rings is 2. The zero-order valence-electron chi connectivity index (χ0n) is 21.8. The monoisotopic (exact) mass is 490 g/mol. The van der Waals surface area contributed by atoms with E-state index >= 15 is 0 Å². The molecule has 3 fully saturated rings. The fourth-order valence-electron chi connectivity index (χ4n) is 6.32. The molecule has 192 valence electrons. The van der Waals surface area contributed by atoms with Gasteiger partial charge in [-0.3, -0.25) is 15.0 Å². The van der Waals surface area contributed by atoms with Crippen molar-refractivity contribution in [3.8, 4) is 0 Å². The van der Waals surface area contributed by atoms with Crippen LogP contribution in [0.3, 0.4) is 0 Å². The number of carboxylic acids is 1. The molecule has 3 aliphatic rings. The molecular formula is C30H38N2O4. The third-order valence-electron chi connectivity index (χ3n) is 8.38. The van der Waals surface area contributed by atoms with Gasteiger partial charge in [0.2, 0.25) is 0 Å². The molecule has 0 aromatic heterocycles. The molecule has 36 heavy (non-hydrogen) atoms. The summed E-state index contributed by atoms with van der Waals surface area (Å²) in [7, 11) is 0. The quantitative estimate of drug-likeness (QED) is 0.476. The molecule has 0 radical (unpaired) electrons. The van der Waals surface area contributed by atoms with Crippen LogP contribution < -0.4 is 5.32 Å². The second-order valence-electron chi connectivity index (χ2n) is 11.9. The second kappa shape index (κ2) is 9.00. The number of carboxylic acid groups (broad SMARTS) is 1. The third-order valence-corrected chi connectivity index (χ3v) is 8.38. The van der Waals surface area contributed by atoms with Crippen LogP contribution in [-0.2, 0) is 9.53 Å². The van der Waals surface area contributed by atoms with Crippen molar-refractivity contribution in [3.63, 3.8) is 0 Å². The van der Waals surface area contributed by atoms with Gasteiger partial charge in [-0.15, -0.1) is 0 Å². The van der Waals surface area contributed by atoms with E-state index in [2.05, 4.69) is 29.3 Å². The standard InChI is InChI=1S/C30H38N2O4/c1-5-24(21-13-9-14-22(17-21)25(33)34)32-19-29(15-10-16-29)26(32)31-30(27(35)36-28(2,3)4)18-23(30)20-11-7-6-8-12-20/h6-9,11-14,17,23-24,26,31H,5,10,15-16,18-19H2,1-4H3,(H,33,34). The number of aromatic carboxylic acids is 1. The Bertz CT molecular complexity index is 1140. The van der Waals surface area contributed by atoms with Gasteiger partial charge in [-0.25, -0.2) is 4.79 Å². The molecule has 1 heterocycles. The minimum atomic E-state index is -0.909. The van der Waals surface area contributed by atoms with Crippen LogP contribution in [0.5, 0.6) is 0 Å². The van der Waals surface area contributed by atoms with Crippen LogP contribution in [0.2, 0.25) is 0 Å². The molecule has 2 aliphatic carbocycles. The largest absolute Gasteiger partial charge is 0.478 e. The van der Waals surface area contributed by atoms with E-state index in [1.165, 1.54) is 6.42 Å². The molecule has 2 aromatic carbocycles. The number of carbonyl (C=O) groups is 2. The van der Waals surface area contributed by atoms with Crippen molar-refractivity contribution < 1.29 is 19.4 Å². The fourth-order valence-corrected chi connectivity index (χ4v) is 6.32. The van der Waals surface area contributed by atoms with Gasteiger partial charge in [0.15, 0.2) is 0 Å². The Morgan fingerprint density at radius 3 is 2.44 bits per heavy atom. The maximum absolute atomic E-state index is 13.7. The topological polar surface area (TPSA) is 78.9 Å². The van der Waals surface area contributed by atoms with Gasteiger partial charge in [0.25, 0.3) is 0 Å². The molecular weight excluding hydrogens is 452 g/mol. The van der Waals surface area contributed by atoms with E-state index in [0.29, 0.717) is 5.56 Å². The zero-order chi connectivity index (χ0) is 25.7. The summed E-state index contributed by atoms with van der Waals surface area (Å²) in [5, 5.41) is 13.4. The number of hydrogen-bond acceptors (Lipinski definition) is 5. The molecule has 2 N–H and O–H groups in total. The molecule has 6 nitrogen and oxygen atoms in total. The number of hydrogen-bond donors (Lipinski definition) is 2. The summed E-state index contributed by atoms with van der Waals surface area (Å²) in [6.45, 7) is 8.87. The Morgan fingerprint density at radius 1 is 1.14 bits per heavy atom. The highest BCUT2D eigenvalue weighted by atomic mass is 16.6. The van der Waals surface area contributed by atoms with E-state index in [4.69, 9.17) is 4.74 Å². The highest BCUT2D eigenvalue weighted by molar-refractivity contribution is 5.88. The molecule has 0 bridgehead atoms. The van der Waals surface area contributed by atoms with Gasteiger partial charge < -0.3 is 9.84 Å². The Hall–Kier alpha value is -2.70. The van der Waals surface area contributed by atoms with E-state index in [0.717, 1.165) is 43.4 Å². The molecule has 1 saturated heterocycles. The SMILES string of the molecule is CCC(c1cccc(C(=O)O)c1)N1CC2(CCC2)C1NC1(C(=O)OC(C)(C)C)CC1c1ccccc1. The first kappa shape index (κ1) is 25.0. The molecule has 1 spiro atoms. The average molecular weight is 491 g/mol. The van der Waals surface area contributed by atoms with Crippen LogP contribution in [0.15, 0.2) is 54.6 Å². The number of rotatable bonds is 8. The first-order chi connectivity index (χ1) is 17.1. The lowest BCUT2D eigenvalue weighted by atomic mass is 9.60. The zero-order valence-corrected chi connectivity index (χ0v) is 21.8. The molecule has 0 amide bonds. The average Bonchev–Trinajstić information content (AvgIpc) is 3.54. The molecule has 5 rings (SSSR count). The number of ether oxygens (including phenoxy) is 1. The van der Waals surface area contributed by atoms with Crippen LogP contribution in [-0.4, -0.2) is 45.8 Å². The van der Waals surface area contributed by atoms with Gasteiger partial charge in [-0.2, -0.15) is 0 Å². The van der Waals surface area contributed by atoms with Crippen molar-refractivity contribution in [1.82, 2.24) is 10.2 Å². The predicted octanol–water partition coefficient (Wildman–Crippen LogP) is 5.51. The predicted molar refractivity (Wildman–Crippen MR) is 139 cm³/mol. The van der Waals surface area contributed by atoms with Crippen LogP contribution in [0, 0.1) is 5.41 Å². The van der Waals surface area contributed by atoms with Crippen molar-refractivity contribution in [2.45, 2.75) is 89.1 Å². The van der Waals surface area contributed by atoms with E-state index in [1.807, 2.05) is 51.1 Å². The van der Waals surface area contributed by atoms with Crippen molar-refractivity contribution >= 4 is 11.9 Å². The highest BCUT2D eigenvalue weighted by Gasteiger charge is 2.67. The number of nitrogens with zero attached hydrogens (tertiary/aromatic N) is 1. The van der Waals surface area contributed by atoms with E-state index < -0.39 is 17.1 Å². The van der Waals surface area contributed by atoms with Gasteiger partial charge in [0.05, 0.1) is 11.7 Å². The van der Waals surface area contributed by atoms with Crippen LogP contribution in [0.25, 0.3) is 0 Å². The van der Waals surface area contributed by atoms with E-state index in [-0.39, 0.29) is 29.5 Å². The lowest BCUT2D eigenvalue weighted by molar-refractivity contribution is -0.179. The molecule has 1 aliphatic heterocycles. The van der Waals surface area contributed by atoms with Gasteiger partial charge >= 0.3 is 11.9 Å².